The lowest BCUT2D eigenvalue weighted by Gasteiger charge is -1.81. The SMILES string of the molecule is Br.Br.Br.O=Cc1ccccc1. The van der Waals surface area contributed by atoms with Gasteiger partial charge in [0, 0.05) is 5.56 Å². The summed E-state index contributed by atoms with van der Waals surface area (Å²) in [7, 11) is 0. The average molecular weight is 349 g/mol. The highest BCUT2D eigenvalue weighted by molar-refractivity contribution is 8.93. The Kier molecular flexibility index (Phi) is 16.4. The molecule has 64 valence electrons. The number of carbonyl (C=O) groups excluding carboxylic acids is 1. The molecule has 1 nitrogen and oxygen atoms in total. The molecule has 0 saturated carbocycles. The summed E-state index contributed by atoms with van der Waals surface area (Å²) in [5.41, 5.74) is 0.729. The van der Waals surface area contributed by atoms with Crippen LogP contribution in [0.2, 0.25) is 0 Å². The van der Waals surface area contributed by atoms with Crippen molar-refractivity contribution in [1.82, 2.24) is 0 Å². The first kappa shape index (κ1) is 17.4. The standard InChI is InChI=1S/C7H6O.3BrH/c8-6-7-4-2-1-3-5-7;;;/h1-6H;3*1H. The zero-order valence-electron chi connectivity index (χ0n) is 5.60. The third kappa shape index (κ3) is 6.72. The normalized spacial score (nSPS) is 6.18. The van der Waals surface area contributed by atoms with Gasteiger partial charge < -0.3 is 0 Å². The van der Waals surface area contributed by atoms with Gasteiger partial charge in [-0.1, -0.05) is 30.3 Å². The molecule has 1 aromatic rings. The molecule has 0 amide bonds. The Morgan fingerprint density at radius 3 is 1.64 bits per heavy atom. The Bertz CT molecular complexity index is 176. The molecule has 0 N–H and O–H groups in total. The summed E-state index contributed by atoms with van der Waals surface area (Å²) in [6, 6.07) is 9.10. The van der Waals surface area contributed by atoms with Gasteiger partial charge in [0.2, 0.25) is 0 Å². The first-order valence-corrected chi connectivity index (χ1v) is 2.44. The van der Waals surface area contributed by atoms with Crippen molar-refractivity contribution in [3.63, 3.8) is 0 Å². The van der Waals surface area contributed by atoms with Crippen molar-refractivity contribution in [3.8, 4) is 0 Å². The molecule has 0 saturated heterocycles. The van der Waals surface area contributed by atoms with E-state index in [0.717, 1.165) is 11.8 Å². The first-order chi connectivity index (χ1) is 3.93. The lowest BCUT2D eigenvalue weighted by atomic mass is 10.2. The molecule has 0 spiro atoms. The average Bonchev–Trinajstić information content (AvgIpc) is 1.90. The van der Waals surface area contributed by atoms with E-state index in [1.165, 1.54) is 0 Å². The summed E-state index contributed by atoms with van der Waals surface area (Å²) >= 11 is 0. The van der Waals surface area contributed by atoms with E-state index in [2.05, 4.69) is 0 Å². The van der Waals surface area contributed by atoms with Crippen LogP contribution in [0.15, 0.2) is 30.3 Å². The minimum Gasteiger partial charge on any atom is -0.298 e. The fourth-order valence-corrected chi connectivity index (χ4v) is 0.532. The minimum atomic E-state index is 0. The van der Waals surface area contributed by atoms with E-state index in [4.69, 9.17) is 0 Å². The predicted octanol–water partition coefficient (Wildman–Crippen LogP) is 3.23. The van der Waals surface area contributed by atoms with Gasteiger partial charge in [0.05, 0.1) is 0 Å². The lowest BCUT2D eigenvalue weighted by Crippen LogP contribution is -1.73. The highest BCUT2D eigenvalue weighted by Crippen LogP contribution is 1.91. The largest absolute Gasteiger partial charge is 0.298 e. The molecule has 0 aromatic heterocycles. The van der Waals surface area contributed by atoms with Gasteiger partial charge in [-0.25, -0.2) is 0 Å². The molecule has 0 unspecified atom stereocenters. The summed E-state index contributed by atoms with van der Waals surface area (Å²) in [5, 5.41) is 0. The Morgan fingerprint density at radius 2 is 1.36 bits per heavy atom. The highest BCUT2D eigenvalue weighted by atomic mass is 79.9. The number of rotatable bonds is 1. The van der Waals surface area contributed by atoms with Crippen molar-refractivity contribution in [2.24, 2.45) is 0 Å². The van der Waals surface area contributed by atoms with Crippen LogP contribution in [0.3, 0.4) is 0 Å². The molecular weight excluding hydrogens is 340 g/mol. The van der Waals surface area contributed by atoms with Gasteiger partial charge in [0.1, 0.15) is 6.29 Å². The fourth-order valence-electron chi connectivity index (χ4n) is 0.532. The summed E-state index contributed by atoms with van der Waals surface area (Å²) in [5.74, 6) is 0. The van der Waals surface area contributed by atoms with E-state index in [9.17, 15) is 4.79 Å². The molecule has 4 heteroatoms. The molecule has 0 atom stereocenters. The van der Waals surface area contributed by atoms with Gasteiger partial charge >= 0.3 is 0 Å². The van der Waals surface area contributed by atoms with Crippen molar-refractivity contribution in [2.45, 2.75) is 0 Å². The van der Waals surface area contributed by atoms with E-state index in [0.29, 0.717) is 0 Å². The second-order valence-electron chi connectivity index (χ2n) is 1.53. The quantitative estimate of drug-likeness (QED) is 0.712. The van der Waals surface area contributed by atoms with Crippen LogP contribution in [-0.2, 0) is 0 Å². The van der Waals surface area contributed by atoms with Gasteiger partial charge in [-0.15, -0.1) is 50.9 Å². The van der Waals surface area contributed by atoms with Gasteiger partial charge in [0.25, 0.3) is 0 Å². The van der Waals surface area contributed by atoms with Crippen LogP contribution in [0.4, 0.5) is 0 Å². The van der Waals surface area contributed by atoms with Crippen LogP contribution >= 0.6 is 50.9 Å². The smallest absolute Gasteiger partial charge is 0.150 e. The molecule has 0 aliphatic rings. The van der Waals surface area contributed by atoms with E-state index in [-0.39, 0.29) is 50.9 Å². The number of halogens is 3. The van der Waals surface area contributed by atoms with Gasteiger partial charge in [-0.2, -0.15) is 0 Å². The molecule has 0 aliphatic carbocycles. The van der Waals surface area contributed by atoms with Crippen LogP contribution in [0.5, 0.6) is 0 Å². The Morgan fingerprint density at radius 1 is 0.909 bits per heavy atom. The molecule has 1 aromatic carbocycles. The van der Waals surface area contributed by atoms with Gasteiger partial charge in [-0.05, 0) is 0 Å². The fraction of sp³-hybridized carbons (Fsp3) is 0. The summed E-state index contributed by atoms with van der Waals surface area (Å²) in [4.78, 5) is 10.0. The highest BCUT2D eigenvalue weighted by Gasteiger charge is 1.79. The van der Waals surface area contributed by atoms with E-state index in [1.807, 2.05) is 18.2 Å². The molecule has 0 heterocycles. The second-order valence-corrected chi connectivity index (χ2v) is 1.53. The number of aldehydes is 1. The van der Waals surface area contributed by atoms with Crippen LogP contribution in [-0.4, -0.2) is 6.29 Å². The van der Waals surface area contributed by atoms with Crippen LogP contribution in [0.1, 0.15) is 10.4 Å². The molecule has 1 rings (SSSR count). The number of hydrogen-bond donors (Lipinski definition) is 0. The van der Waals surface area contributed by atoms with Crippen molar-refractivity contribution < 1.29 is 4.79 Å². The van der Waals surface area contributed by atoms with E-state index >= 15 is 0 Å². The molecule has 0 bridgehead atoms. The van der Waals surface area contributed by atoms with E-state index in [1.54, 1.807) is 12.1 Å². The van der Waals surface area contributed by atoms with Crippen molar-refractivity contribution in [2.75, 3.05) is 0 Å². The lowest BCUT2D eigenvalue weighted by molar-refractivity contribution is 0.112. The monoisotopic (exact) mass is 346 g/mol. The Balaban J connectivity index is -0.000000213. The maximum absolute atomic E-state index is 10.0. The van der Waals surface area contributed by atoms with Crippen molar-refractivity contribution >= 4 is 57.2 Å². The Labute approximate surface area is 97.5 Å². The summed E-state index contributed by atoms with van der Waals surface area (Å²) < 4.78 is 0. The number of hydrogen-bond acceptors (Lipinski definition) is 1. The van der Waals surface area contributed by atoms with Gasteiger partial charge in [0.15, 0.2) is 0 Å². The topological polar surface area (TPSA) is 17.1 Å². The molecule has 0 radical (unpaired) electrons. The third-order valence-corrected chi connectivity index (χ3v) is 0.936. The molecular formula is C7H9Br3O. The number of benzene rings is 1. The van der Waals surface area contributed by atoms with Gasteiger partial charge in [-0.3, -0.25) is 4.79 Å². The van der Waals surface area contributed by atoms with Crippen LogP contribution in [0, 0.1) is 0 Å². The summed E-state index contributed by atoms with van der Waals surface area (Å²) in [6.07, 6.45) is 0.833. The van der Waals surface area contributed by atoms with Crippen molar-refractivity contribution in [3.05, 3.63) is 35.9 Å². The maximum Gasteiger partial charge on any atom is 0.150 e. The van der Waals surface area contributed by atoms with Crippen LogP contribution in [0.25, 0.3) is 0 Å². The molecule has 11 heavy (non-hydrogen) atoms. The maximum atomic E-state index is 10.0. The molecule has 0 aliphatic heterocycles. The van der Waals surface area contributed by atoms with Crippen molar-refractivity contribution in [1.29, 1.82) is 0 Å². The van der Waals surface area contributed by atoms with Crippen LogP contribution < -0.4 is 0 Å². The third-order valence-electron chi connectivity index (χ3n) is 0.936. The predicted molar refractivity (Wildman–Crippen MR) is 62.8 cm³/mol. The first-order valence-electron chi connectivity index (χ1n) is 2.44. The van der Waals surface area contributed by atoms with E-state index < -0.39 is 0 Å². The molecule has 0 fully saturated rings. The second kappa shape index (κ2) is 10.3. The zero-order chi connectivity index (χ0) is 5.82. The minimum absolute atomic E-state index is 0. The zero-order valence-corrected chi connectivity index (χ0v) is 10.7. The summed E-state index contributed by atoms with van der Waals surface area (Å²) in [6.45, 7) is 0. The Hall–Kier alpha value is 0.330. The number of carbonyl (C=O) groups is 1.